The molecule has 2 aliphatic carbocycles. The molecule has 0 bridgehead atoms. The van der Waals surface area contributed by atoms with Gasteiger partial charge in [-0.15, -0.1) is 0 Å². The van der Waals surface area contributed by atoms with E-state index in [1.165, 1.54) is 6.08 Å². The highest BCUT2D eigenvalue weighted by atomic mass is 16.4. The molecule has 2 saturated carbocycles. The van der Waals surface area contributed by atoms with Gasteiger partial charge in [-0.3, -0.25) is 0 Å². The van der Waals surface area contributed by atoms with E-state index in [1.807, 2.05) is 0 Å². The molecule has 0 heterocycles. The molecule has 3 nitrogen and oxygen atoms in total. The van der Waals surface area contributed by atoms with Gasteiger partial charge in [0.1, 0.15) is 0 Å². The molecule has 3 heteroatoms. The van der Waals surface area contributed by atoms with Crippen LogP contribution in [0.25, 0.3) is 0 Å². The average Bonchev–Trinajstić information content (AvgIpc) is 2.29. The highest BCUT2D eigenvalue weighted by Crippen LogP contribution is 2.56. The van der Waals surface area contributed by atoms with Gasteiger partial charge in [-0.1, -0.05) is 19.6 Å². The van der Waals surface area contributed by atoms with Crippen LogP contribution in [0.1, 0.15) is 45.4 Å². The highest BCUT2D eigenvalue weighted by Gasteiger charge is 2.53. The van der Waals surface area contributed by atoms with Crippen LogP contribution in [0.5, 0.6) is 0 Å². The van der Waals surface area contributed by atoms with Gasteiger partial charge in [-0.05, 0) is 50.0 Å². The minimum absolute atomic E-state index is 0.0735. The van der Waals surface area contributed by atoms with Crippen molar-refractivity contribution in [1.82, 2.24) is 0 Å². The van der Waals surface area contributed by atoms with Crippen LogP contribution in [0.3, 0.4) is 0 Å². The fourth-order valence-corrected chi connectivity index (χ4v) is 3.62. The highest BCUT2D eigenvalue weighted by molar-refractivity contribution is 5.79. The molecule has 18 heavy (non-hydrogen) atoms. The lowest BCUT2D eigenvalue weighted by atomic mass is 9.54. The standard InChI is InChI=1S/C15H22O3/c1-11-4-3-8-14(2)9-7-12(5-6-13(16)17)10-15(11,14)18/h5-6,12,18H,1,3-4,7-10H2,2H3,(H,16,17)/b6-5+/t12-,14-,15-/m1/s1. The van der Waals surface area contributed by atoms with Crippen molar-refractivity contribution in [1.29, 1.82) is 0 Å². The predicted octanol–water partition coefficient (Wildman–Crippen LogP) is 2.90. The molecule has 0 spiro atoms. The number of carboxylic acid groups (broad SMARTS) is 1. The normalized spacial score (nSPS) is 40.8. The van der Waals surface area contributed by atoms with E-state index in [9.17, 15) is 9.90 Å². The summed E-state index contributed by atoms with van der Waals surface area (Å²) in [5, 5.41) is 19.7. The molecule has 0 radical (unpaired) electrons. The van der Waals surface area contributed by atoms with Crippen molar-refractivity contribution >= 4 is 5.97 Å². The van der Waals surface area contributed by atoms with Gasteiger partial charge >= 0.3 is 5.97 Å². The third-order valence-corrected chi connectivity index (χ3v) is 4.93. The number of carbonyl (C=O) groups is 1. The summed E-state index contributed by atoms with van der Waals surface area (Å²) in [6, 6.07) is 0. The summed E-state index contributed by atoms with van der Waals surface area (Å²) in [7, 11) is 0. The number of hydrogen-bond donors (Lipinski definition) is 2. The SMILES string of the molecule is C=C1CCC[C@]2(C)CC[C@@H](/C=C/C(=O)O)C[C@@]12O. The lowest BCUT2D eigenvalue weighted by Crippen LogP contribution is -2.54. The molecule has 0 aromatic carbocycles. The molecular formula is C15H22O3. The van der Waals surface area contributed by atoms with Gasteiger partial charge < -0.3 is 10.2 Å². The maximum Gasteiger partial charge on any atom is 0.327 e. The van der Waals surface area contributed by atoms with Gasteiger partial charge in [0.05, 0.1) is 5.60 Å². The summed E-state index contributed by atoms with van der Waals surface area (Å²) < 4.78 is 0. The molecule has 2 aliphatic rings. The van der Waals surface area contributed by atoms with Crippen LogP contribution in [-0.4, -0.2) is 21.8 Å². The first kappa shape index (κ1) is 13.3. The van der Waals surface area contributed by atoms with Crippen molar-refractivity contribution in [2.75, 3.05) is 0 Å². The van der Waals surface area contributed by atoms with Crippen molar-refractivity contribution < 1.29 is 15.0 Å². The third kappa shape index (κ3) is 2.12. The van der Waals surface area contributed by atoms with E-state index >= 15 is 0 Å². The number of hydrogen-bond acceptors (Lipinski definition) is 2. The summed E-state index contributed by atoms with van der Waals surface area (Å²) in [5.74, 6) is -0.771. The number of fused-ring (bicyclic) bond motifs is 1. The molecular weight excluding hydrogens is 228 g/mol. The van der Waals surface area contributed by atoms with E-state index in [0.717, 1.165) is 37.7 Å². The molecule has 0 unspecified atom stereocenters. The van der Waals surface area contributed by atoms with Crippen molar-refractivity contribution in [2.24, 2.45) is 11.3 Å². The molecule has 3 atom stereocenters. The molecule has 100 valence electrons. The summed E-state index contributed by atoms with van der Waals surface area (Å²) in [4.78, 5) is 10.6. The van der Waals surface area contributed by atoms with Gasteiger partial charge in [0.25, 0.3) is 0 Å². The fraction of sp³-hybridized carbons (Fsp3) is 0.667. The Balaban J connectivity index is 2.18. The first-order chi connectivity index (χ1) is 8.37. The number of carboxylic acids is 1. The molecule has 2 fully saturated rings. The second kappa shape index (κ2) is 4.54. The first-order valence-electron chi connectivity index (χ1n) is 6.69. The van der Waals surface area contributed by atoms with E-state index in [-0.39, 0.29) is 11.3 Å². The zero-order valence-electron chi connectivity index (χ0n) is 11.0. The summed E-state index contributed by atoms with van der Waals surface area (Å²) >= 11 is 0. The van der Waals surface area contributed by atoms with Crippen LogP contribution >= 0.6 is 0 Å². The van der Waals surface area contributed by atoms with E-state index in [1.54, 1.807) is 6.08 Å². The zero-order chi connectivity index (χ0) is 13.4. The maximum absolute atomic E-state index is 11.0. The molecule has 0 aromatic heterocycles. The molecule has 2 rings (SSSR count). The van der Waals surface area contributed by atoms with Crippen LogP contribution in [0.15, 0.2) is 24.3 Å². The second-order valence-corrected chi connectivity index (χ2v) is 6.08. The van der Waals surface area contributed by atoms with Crippen molar-refractivity contribution in [2.45, 2.75) is 51.0 Å². The Morgan fingerprint density at radius 2 is 2.22 bits per heavy atom. The summed E-state index contributed by atoms with van der Waals surface area (Å²) in [6.07, 6.45) is 8.47. The number of aliphatic hydroxyl groups is 1. The van der Waals surface area contributed by atoms with E-state index in [4.69, 9.17) is 5.11 Å². The number of allylic oxidation sites excluding steroid dienone is 1. The van der Waals surface area contributed by atoms with Crippen molar-refractivity contribution in [3.8, 4) is 0 Å². The Labute approximate surface area is 108 Å². The largest absolute Gasteiger partial charge is 0.478 e. The minimum Gasteiger partial charge on any atom is -0.478 e. The Hall–Kier alpha value is -1.09. The Kier molecular flexibility index (Phi) is 3.37. The smallest absolute Gasteiger partial charge is 0.327 e. The fourth-order valence-electron chi connectivity index (χ4n) is 3.62. The summed E-state index contributed by atoms with van der Waals surface area (Å²) in [5.41, 5.74) is 0.0528. The Bertz CT molecular complexity index is 399. The number of aliphatic carboxylic acids is 1. The van der Waals surface area contributed by atoms with E-state index in [2.05, 4.69) is 13.5 Å². The van der Waals surface area contributed by atoms with Gasteiger partial charge in [0.15, 0.2) is 0 Å². The van der Waals surface area contributed by atoms with Crippen LogP contribution in [0.4, 0.5) is 0 Å². The molecule has 0 saturated heterocycles. The molecule has 0 amide bonds. The van der Waals surface area contributed by atoms with Crippen LogP contribution in [0, 0.1) is 11.3 Å². The zero-order valence-corrected chi connectivity index (χ0v) is 11.0. The monoisotopic (exact) mass is 250 g/mol. The lowest BCUT2D eigenvalue weighted by molar-refractivity contribution is -0.131. The van der Waals surface area contributed by atoms with E-state index < -0.39 is 11.6 Å². The van der Waals surface area contributed by atoms with Gasteiger partial charge in [0, 0.05) is 11.5 Å². The Morgan fingerprint density at radius 1 is 1.50 bits per heavy atom. The minimum atomic E-state index is -0.919. The first-order valence-corrected chi connectivity index (χ1v) is 6.69. The molecule has 0 aromatic rings. The summed E-state index contributed by atoms with van der Waals surface area (Å²) in [6.45, 7) is 6.20. The topological polar surface area (TPSA) is 57.5 Å². The van der Waals surface area contributed by atoms with Crippen LogP contribution < -0.4 is 0 Å². The van der Waals surface area contributed by atoms with Crippen molar-refractivity contribution in [3.05, 3.63) is 24.3 Å². The number of rotatable bonds is 2. The van der Waals surface area contributed by atoms with Crippen molar-refractivity contribution in [3.63, 3.8) is 0 Å². The van der Waals surface area contributed by atoms with Gasteiger partial charge in [0.2, 0.25) is 0 Å². The third-order valence-electron chi connectivity index (χ3n) is 4.93. The van der Waals surface area contributed by atoms with Gasteiger partial charge in [-0.25, -0.2) is 4.79 Å². The van der Waals surface area contributed by atoms with Crippen LogP contribution in [0.2, 0.25) is 0 Å². The Morgan fingerprint density at radius 3 is 2.89 bits per heavy atom. The molecule has 2 N–H and O–H groups in total. The second-order valence-electron chi connectivity index (χ2n) is 6.08. The predicted molar refractivity (Wildman–Crippen MR) is 70.2 cm³/mol. The average molecular weight is 250 g/mol. The quantitative estimate of drug-likeness (QED) is 0.585. The molecule has 0 aliphatic heterocycles. The van der Waals surface area contributed by atoms with Crippen LogP contribution in [-0.2, 0) is 4.79 Å². The van der Waals surface area contributed by atoms with Gasteiger partial charge in [-0.2, -0.15) is 0 Å². The maximum atomic E-state index is 11.0. The lowest BCUT2D eigenvalue weighted by Gasteiger charge is -2.54. The van der Waals surface area contributed by atoms with E-state index in [0.29, 0.717) is 6.42 Å².